The lowest BCUT2D eigenvalue weighted by Gasteiger charge is -2.18. The topological polar surface area (TPSA) is 66.4 Å². The predicted octanol–water partition coefficient (Wildman–Crippen LogP) is 2.99. The number of carboxylic acids is 1. The van der Waals surface area contributed by atoms with Crippen molar-refractivity contribution < 1.29 is 14.7 Å². The summed E-state index contributed by atoms with van der Waals surface area (Å²) in [6.45, 7) is 5.57. The zero-order valence-electron chi connectivity index (χ0n) is 11.3. The highest BCUT2D eigenvalue weighted by molar-refractivity contribution is 9.10. The number of halogens is 1. The van der Waals surface area contributed by atoms with Gasteiger partial charge in [-0.3, -0.25) is 9.59 Å². The second-order valence-corrected chi connectivity index (χ2v) is 6.01. The minimum atomic E-state index is -0.861. The maximum Gasteiger partial charge on any atom is 0.309 e. The SMILES string of the molecule is Cc1ccc(C(=O)NCCC(C)(C)C(=O)O)cc1Br. The van der Waals surface area contributed by atoms with Crippen LogP contribution in [0.2, 0.25) is 0 Å². The van der Waals surface area contributed by atoms with E-state index in [0.717, 1.165) is 10.0 Å². The van der Waals surface area contributed by atoms with Crippen molar-refractivity contribution in [2.75, 3.05) is 6.54 Å². The lowest BCUT2D eigenvalue weighted by atomic mass is 9.90. The van der Waals surface area contributed by atoms with E-state index in [0.29, 0.717) is 18.5 Å². The van der Waals surface area contributed by atoms with Gasteiger partial charge in [0.25, 0.3) is 5.91 Å². The molecule has 0 saturated heterocycles. The molecule has 0 aliphatic rings. The molecule has 0 saturated carbocycles. The molecule has 1 amide bonds. The van der Waals surface area contributed by atoms with Crippen LogP contribution in [0, 0.1) is 12.3 Å². The van der Waals surface area contributed by atoms with Crippen LogP contribution in [0.3, 0.4) is 0 Å². The second-order valence-electron chi connectivity index (χ2n) is 5.16. The first-order valence-corrected chi connectivity index (χ1v) is 6.81. The van der Waals surface area contributed by atoms with E-state index in [1.54, 1.807) is 26.0 Å². The molecule has 1 rings (SSSR count). The Morgan fingerprint density at radius 1 is 1.37 bits per heavy atom. The van der Waals surface area contributed by atoms with Gasteiger partial charge in [-0.05, 0) is 44.9 Å². The zero-order valence-corrected chi connectivity index (χ0v) is 12.9. The number of hydrogen-bond donors (Lipinski definition) is 2. The van der Waals surface area contributed by atoms with Gasteiger partial charge in [-0.1, -0.05) is 22.0 Å². The second kappa shape index (κ2) is 6.19. The minimum absolute atomic E-state index is 0.193. The Kier molecular flexibility index (Phi) is 5.11. The molecule has 0 spiro atoms. The monoisotopic (exact) mass is 327 g/mol. The molecule has 0 fully saturated rings. The highest BCUT2D eigenvalue weighted by Gasteiger charge is 2.26. The van der Waals surface area contributed by atoms with Gasteiger partial charge < -0.3 is 10.4 Å². The molecule has 0 aromatic heterocycles. The van der Waals surface area contributed by atoms with Crippen LogP contribution in [-0.2, 0) is 4.79 Å². The van der Waals surface area contributed by atoms with E-state index < -0.39 is 11.4 Å². The molecule has 2 N–H and O–H groups in total. The summed E-state index contributed by atoms with van der Waals surface area (Å²) in [5, 5.41) is 11.7. The van der Waals surface area contributed by atoms with Gasteiger partial charge in [0.1, 0.15) is 0 Å². The maximum atomic E-state index is 11.9. The van der Waals surface area contributed by atoms with Crippen LogP contribution >= 0.6 is 15.9 Å². The molecule has 5 heteroatoms. The molecule has 4 nitrogen and oxygen atoms in total. The molecular formula is C14H18BrNO3. The molecule has 104 valence electrons. The quantitative estimate of drug-likeness (QED) is 0.873. The number of amides is 1. The molecule has 19 heavy (non-hydrogen) atoms. The van der Waals surface area contributed by atoms with Crippen LogP contribution in [-0.4, -0.2) is 23.5 Å². The van der Waals surface area contributed by atoms with Gasteiger partial charge in [0, 0.05) is 16.6 Å². The first-order valence-electron chi connectivity index (χ1n) is 6.02. The fraction of sp³-hybridized carbons (Fsp3) is 0.429. The first-order chi connectivity index (χ1) is 8.74. The summed E-state index contributed by atoms with van der Waals surface area (Å²) in [4.78, 5) is 22.8. The van der Waals surface area contributed by atoms with Crippen molar-refractivity contribution in [3.05, 3.63) is 33.8 Å². The van der Waals surface area contributed by atoms with E-state index in [9.17, 15) is 9.59 Å². The summed E-state index contributed by atoms with van der Waals surface area (Å²) in [5.74, 6) is -1.05. The van der Waals surface area contributed by atoms with Crippen molar-refractivity contribution in [3.63, 3.8) is 0 Å². The Morgan fingerprint density at radius 3 is 2.53 bits per heavy atom. The standard InChI is InChI=1S/C14H18BrNO3/c1-9-4-5-10(8-11(9)15)12(17)16-7-6-14(2,3)13(18)19/h4-5,8H,6-7H2,1-3H3,(H,16,17)(H,18,19). The Labute approximate surface area is 121 Å². The Balaban J connectivity index is 2.57. The van der Waals surface area contributed by atoms with E-state index in [1.807, 2.05) is 13.0 Å². The van der Waals surface area contributed by atoms with Crippen molar-refractivity contribution in [1.29, 1.82) is 0 Å². The number of benzene rings is 1. The van der Waals surface area contributed by atoms with E-state index in [1.165, 1.54) is 0 Å². The number of nitrogens with one attached hydrogen (secondary N) is 1. The normalized spacial score (nSPS) is 11.2. The van der Waals surface area contributed by atoms with Crippen LogP contribution in [0.4, 0.5) is 0 Å². The summed E-state index contributed by atoms with van der Waals surface area (Å²) in [6.07, 6.45) is 0.390. The third kappa shape index (κ3) is 4.35. The Bertz CT molecular complexity index is 497. The number of hydrogen-bond acceptors (Lipinski definition) is 2. The molecule has 1 aromatic rings. The average molecular weight is 328 g/mol. The molecule has 0 atom stereocenters. The fourth-order valence-electron chi connectivity index (χ4n) is 1.43. The van der Waals surface area contributed by atoms with E-state index in [-0.39, 0.29) is 5.91 Å². The molecule has 0 aliphatic heterocycles. The third-order valence-electron chi connectivity index (χ3n) is 3.05. The summed E-state index contributed by atoms with van der Waals surface area (Å²) in [6, 6.07) is 5.37. The maximum absolute atomic E-state index is 11.9. The van der Waals surface area contributed by atoms with E-state index >= 15 is 0 Å². The van der Waals surface area contributed by atoms with Crippen molar-refractivity contribution in [1.82, 2.24) is 5.32 Å². The van der Waals surface area contributed by atoms with Gasteiger partial charge in [0.15, 0.2) is 0 Å². The minimum Gasteiger partial charge on any atom is -0.481 e. The molecular weight excluding hydrogens is 310 g/mol. The van der Waals surface area contributed by atoms with Gasteiger partial charge in [-0.2, -0.15) is 0 Å². The predicted molar refractivity (Wildman–Crippen MR) is 77.2 cm³/mol. The zero-order chi connectivity index (χ0) is 14.6. The molecule has 1 aromatic carbocycles. The fourth-order valence-corrected chi connectivity index (χ4v) is 1.81. The van der Waals surface area contributed by atoms with Crippen LogP contribution < -0.4 is 5.32 Å². The number of aliphatic carboxylic acids is 1. The van der Waals surface area contributed by atoms with Gasteiger partial charge in [0.2, 0.25) is 0 Å². The Morgan fingerprint density at radius 2 is 2.00 bits per heavy atom. The summed E-state index contributed by atoms with van der Waals surface area (Å²) < 4.78 is 0.881. The average Bonchev–Trinajstić information content (AvgIpc) is 2.32. The molecule has 0 unspecified atom stereocenters. The van der Waals surface area contributed by atoms with Crippen molar-refractivity contribution in [2.45, 2.75) is 27.2 Å². The van der Waals surface area contributed by atoms with Gasteiger partial charge in [-0.15, -0.1) is 0 Å². The first kappa shape index (κ1) is 15.7. The van der Waals surface area contributed by atoms with Crippen molar-refractivity contribution in [2.24, 2.45) is 5.41 Å². The summed E-state index contributed by atoms with van der Waals surface area (Å²) in [5.41, 5.74) is 0.787. The largest absolute Gasteiger partial charge is 0.481 e. The van der Waals surface area contributed by atoms with E-state index in [4.69, 9.17) is 5.11 Å². The summed E-state index contributed by atoms with van der Waals surface area (Å²) in [7, 11) is 0. The Hall–Kier alpha value is -1.36. The smallest absolute Gasteiger partial charge is 0.309 e. The molecule has 0 bridgehead atoms. The number of aryl methyl sites for hydroxylation is 1. The number of rotatable bonds is 5. The van der Waals surface area contributed by atoms with Gasteiger partial charge in [-0.25, -0.2) is 0 Å². The molecule has 0 aliphatic carbocycles. The van der Waals surface area contributed by atoms with Crippen molar-refractivity contribution in [3.8, 4) is 0 Å². The number of carbonyl (C=O) groups is 2. The molecule has 0 radical (unpaired) electrons. The number of carbonyl (C=O) groups excluding carboxylic acids is 1. The van der Waals surface area contributed by atoms with Crippen LogP contribution in [0.15, 0.2) is 22.7 Å². The third-order valence-corrected chi connectivity index (χ3v) is 3.90. The molecule has 0 heterocycles. The van der Waals surface area contributed by atoms with E-state index in [2.05, 4.69) is 21.2 Å². The highest BCUT2D eigenvalue weighted by Crippen LogP contribution is 2.20. The summed E-state index contributed by atoms with van der Waals surface area (Å²) >= 11 is 3.38. The van der Waals surface area contributed by atoms with Crippen LogP contribution in [0.1, 0.15) is 36.2 Å². The van der Waals surface area contributed by atoms with Crippen LogP contribution in [0.5, 0.6) is 0 Å². The van der Waals surface area contributed by atoms with Gasteiger partial charge >= 0.3 is 5.97 Å². The van der Waals surface area contributed by atoms with Gasteiger partial charge in [0.05, 0.1) is 5.41 Å². The number of carboxylic acid groups (broad SMARTS) is 1. The van der Waals surface area contributed by atoms with Crippen molar-refractivity contribution >= 4 is 27.8 Å². The lowest BCUT2D eigenvalue weighted by Crippen LogP contribution is -2.31. The highest BCUT2D eigenvalue weighted by atomic mass is 79.9. The van der Waals surface area contributed by atoms with Crippen LogP contribution in [0.25, 0.3) is 0 Å². The lowest BCUT2D eigenvalue weighted by molar-refractivity contribution is -0.147.